The van der Waals surface area contributed by atoms with Crippen molar-refractivity contribution in [2.75, 3.05) is 13.7 Å². The Hall–Kier alpha value is -1.79. The van der Waals surface area contributed by atoms with Gasteiger partial charge in [-0.1, -0.05) is 23.8 Å². The van der Waals surface area contributed by atoms with Crippen LogP contribution in [-0.2, 0) is 29.6 Å². The van der Waals surface area contributed by atoms with E-state index in [1.165, 1.54) is 25.3 Å². The average molecular weight is 461 g/mol. The third kappa shape index (κ3) is 6.89. The first-order valence-corrected chi connectivity index (χ1v) is 12.7. The van der Waals surface area contributed by atoms with Gasteiger partial charge in [0.2, 0.25) is 20.0 Å². The molecule has 0 aliphatic heterocycles. The number of thiophene rings is 1. The number of hydrogen-bond acceptors (Lipinski definition) is 7. The number of carbonyl (C=O) groups is 1. The number of ether oxygens (including phenoxy) is 1. The van der Waals surface area contributed by atoms with Crippen LogP contribution in [0.1, 0.15) is 24.8 Å². The first kappa shape index (κ1) is 23.5. The van der Waals surface area contributed by atoms with Gasteiger partial charge in [-0.15, -0.1) is 11.3 Å². The summed E-state index contributed by atoms with van der Waals surface area (Å²) in [5.74, 6) is -0.695. The Labute approximate surface area is 175 Å². The van der Waals surface area contributed by atoms with Gasteiger partial charge in [-0.3, -0.25) is 4.79 Å². The van der Waals surface area contributed by atoms with Gasteiger partial charge < -0.3 is 4.74 Å². The molecular weight excluding hydrogens is 436 g/mol. The molecule has 29 heavy (non-hydrogen) atoms. The number of rotatable bonds is 11. The number of nitrogens with one attached hydrogen (secondary N) is 2. The smallest absolute Gasteiger partial charge is 0.323 e. The minimum absolute atomic E-state index is 0.0562. The fourth-order valence-electron chi connectivity index (χ4n) is 2.51. The molecule has 1 aromatic heterocycles. The van der Waals surface area contributed by atoms with Crippen molar-refractivity contribution in [2.24, 2.45) is 0 Å². The number of methoxy groups -OCH3 is 1. The van der Waals surface area contributed by atoms with Gasteiger partial charge in [0.1, 0.15) is 10.3 Å². The van der Waals surface area contributed by atoms with E-state index >= 15 is 0 Å². The van der Waals surface area contributed by atoms with Gasteiger partial charge in [0.25, 0.3) is 0 Å². The molecule has 0 aliphatic carbocycles. The third-order valence-electron chi connectivity index (χ3n) is 4.09. The van der Waals surface area contributed by atoms with Crippen molar-refractivity contribution in [3.05, 3.63) is 47.3 Å². The topological polar surface area (TPSA) is 119 Å². The van der Waals surface area contributed by atoms with E-state index < -0.39 is 32.1 Å². The van der Waals surface area contributed by atoms with E-state index in [4.69, 9.17) is 4.74 Å². The van der Waals surface area contributed by atoms with Crippen LogP contribution in [0.15, 0.2) is 50.9 Å². The molecule has 0 fully saturated rings. The van der Waals surface area contributed by atoms with E-state index in [-0.39, 0.29) is 22.1 Å². The summed E-state index contributed by atoms with van der Waals surface area (Å²) in [6.07, 6.45) is 1.03. The molecule has 1 heterocycles. The van der Waals surface area contributed by atoms with Crippen molar-refractivity contribution < 1.29 is 26.4 Å². The molecule has 0 saturated heterocycles. The molecule has 8 nitrogen and oxygen atoms in total. The number of unbranched alkanes of at least 4 members (excludes halogenated alkanes) is 1. The lowest BCUT2D eigenvalue weighted by atomic mass is 10.1. The van der Waals surface area contributed by atoms with Crippen molar-refractivity contribution >= 4 is 37.4 Å². The molecular formula is C18H24N2O6S3. The van der Waals surface area contributed by atoms with E-state index in [0.29, 0.717) is 12.8 Å². The van der Waals surface area contributed by atoms with E-state index in [1.807, 2.05) is 6.92 Å². The number of benzene rings is 1. The lowest BCUT2D eigenvalue weighted by Crippen LogP contribution is -2.41. The molecule has 0 aliphatic rings. The van der Waals surface area contributed by atoms with Crippen LogP contribution in [-0.4, -0.2) is 42.5 Å². The molecule has 11 heteroatoms. The minimum Gasteiger partial charge on any atom is -0.468 e. The quantitative estimate of drug-likeness (QED) is 0.391. The molecule has 2 rings (SSSR count). The summed E-state index contributed by atoms with van der Waals surface area (Å²) in [5, 5.41) is 1.68. The van der Waals surface area contributed by atoms with Crippen LogP contribution in [0.3, 0.4) is 0 Å². The van der Waals surface area contributed by atoms with Gasteiger partial charge in [0.15, 0.2) is 0 Å². The molecule has 2 aromatic rings. The Bertz CT molecular complexity index is 1000. The lowest BCUT2D eigenvalue weighted by Gasteiger charge is -2.17. The fourth-order valence-corrected chi connectivity index (χ4v) is 5.84. The predicted molar refractivity (Wildman–Crippen MR) is 111 cm³/mol. The van der Waals surface area contributed by atoms with Crippen LogP contribution in [0.2, 0.25) is 0 Å². The maximum absolute atomic E-state index is 12.5. The van der Waals surface area contributed by atoms with Crippen molar-refractivity contribution in [1.29, 1.82) is 0 Å². The van der Waals surface area contributed by atoms with E-state index in [1.54, 1.807) is 23.6 Å². The number of aryl methyl sites for hydroxylation is 1. The molecule has 160 valence electrons. The third-order valence-corrected chi connectivity index (χ3v) is 8.43. The van der Waals surface area contributed by atoms with Crippen LogP contribution in [0.25, 0.3) is 0 Å². The maximum Gasteiger partial charge on any atom is 0.323 e. The molecule has 0 spiro atoms. The summed E-state index contributed by atoms with van der Waals surface area (Å²) in [4.78, 5) is 12.1. The molecule has 1 atom stereocenters. The molecule has 0 amide bonds. The highest BCUT2D eigenvalue weighted by molar-refractivity contribution is 7.91. The number of hydrogen-bond donors (Lipinski definition) is 2. The zero-order chi connectivity index (χ0) is 21.5. The minimum atomic E-state index is -3.89. The largest absolute Gasteiger partial charge is 0.468 e. The molecule has 0 unspecified atom stereocenters. The van der Waals surface area contributed by atoms with Gasteiger partial charge in [0.05, 0.1) is 12.0 Å². The summed E-state index contributed by atoms with van der Waals surface area (Å²) in [7, 11) is -6.24. The summed E-state index contributed by atoms with van der Waals surface area (Å²) < 4.78 is 58.9. The zero-order valence-corrected chi connectivity index (χ0v) is 18.6. The molecule has 0 bridgehead atoms. The Morgan fingerprint density at radius 2 is 1.76 bits per heavy atom. The van der Waals surface area contributed by atoms with Crippen LogP contribution in [0.5, 0.6) is 0 Å². The first-order valence-electron chi connectivity index (χ1n) is 8.86. The first-order chi connectivity index (χ1) is 13.7. The normalized spacial score (nSPS) is 13.2. The lowest BCUT2D eigenvalue weighted by molar-refractivity contribution is -0.142. The second-order valence-electron chi connectivity index (χ2n) is 6.34. The number of esters is 1. The van der Waals surface area contributed by atoms with Gasteiger partial charge >= 0.3 is 5.97 Å². The second-order valence-corrected chi connectivity index (χ2v) is 11.0. The molecule has 0 saturated carbocycles. The van der Waals surface area contributed by atoms with E-state index in [0.717, 1.165) is 16.9 Å². The van der Waals surface area contributed by atoms with Gasteiger partial charge in [-0.05, 0) is 49.8 Å². The summed E-state index contributed by atoms with van der Waals surface area (Å²) in [6, 6.07) is 8.38. The van der Waals surface area contributed by atoms with E-state index in [2.05, 4.69) is 9.44 Å². The highest BCUT2D eigenvalue weighted by Crippen LogP contribution is 2.16. The van der Waals surface area contributed by atoms with Gasteiger partial charge in [-0.2, -0.15) is 4.72 Å². The average Bonchev–Trinajstić information content (AvgIpc) is 3.22. The van der Waals surface area contributed by atoms with Crippen molar-refractivity contribution in [2.45, 2.75) is 41.3 Å². The summed E-state index contributed by atoms with van der Waals surface area (Å²) in [5.41, 5.74) is 0.915. The molecule has 2 N–H and O–H groups in total. The predicted octanol–water partition coefficient (Wildman–Crippen LogP) is 2.03. The van der Waals surface area contributed by atoms with E-state index in [9.17, 15) is 21.6 Å². The van der Waals surface area contributed by atoms with Crippen molar-refractivity contribution in [3.63, 3.8) is 0 Å². The monoisotopic (exact) mass is 460 g/mol. The van der Waals surface area contributed by atoms with Crippen LogP contribution < -0.4 is 9.44 Å². The van der Waals surface area contributed by atoms with Gasteiger partial charge in [0, 0.05) is 6.54 Å². The molecule has 0 radical (unpaired) electrons. The highest BCUT2D eigenvalue weighted by atomic mass is 32.2. The Morgan fingerprint density at radius 3 is 2.34 bits per heavy atom. The SMILES string of the molecule is COC(=O)[C@H](CCCCNS(=O)(=O)c1cccs1)NS(=O)(=O)c1ccc(C)cc1. The Morgan fingerprint density at radius 1 is 1.07 bits per heavy atom. The maximum atomic E-state index is 12.5. The van der Waals surface area contributed by atoms with Crippen molar-refractivity contribution in [3.8, 4) is 0 Å². The van der Waals surface area contributed by atoms with Crippen molar-refractivity contribution in [1.82, 2.24) is 9.44 Å². The summed E-state index contributed by atoms with van der Waals surface area (Å²) >= 11 is 1.12. The van der Waals surface area contributed by atoms with Gasteiger partial charge in [-0.25, -0.2) is 21.6 Å². The second kappa shape index (κ2) is 10.3. The number of carbonyl (C=O) groups excluding carboxylic acids is 1. The van der Waals surface area contributed by atoms with Crippen LogP contribution >= 0.6 is 11.3 Å². The van der Waals surface area contributed by atoms with Crippen LogP contribution in [0, 0.1) is 6.92 Å². The number of sulfonamides is 2. The Balaban J connectivity index is 1.90. The summed E-state index contributed by atoms with van der Waals surface area (Å²) in [6.45, 7) is 2.02. The molecule has 1 aromatic carbocycles. The standard InChI is InChI=1S/C18H24N2O6S3/c1-14-8-10-15(11-9-14)28(22,23)20-16(18(21)26-2)6-3-4-12-19-29(24,25)17-7-5-13-27-17/h5,7-11,13,16,19-20H,3-4,6,12H2,1-2H3/t16-/m0/s1. The fraction of sp³-hybridized carbons (Fsp3) is 0.389. The highest BCUT2D eigenvalue weighted by Gasteiger charge is 2.26. The zero-order valence-electron chi connectivity index (χ0n) is 16.1. The van der Waals surface area contributed by atoms with Crippen LogP contribution in [0.4, 0.5) is 0 Å². The Kier molecular flexibility index (Phi) is 8.34.